The maximum atomic E-state index is 13.5. The number of hydrogen-bond acceptors (Lipinski definition) is 18. The van der Waals surface area contributed by atoms with Gasteiger partial charge in [-0.3, -0.25) is 4.79 Å². The van der Waals surface area contributed by atoms with Gasteiger partial charge in [0.15, 0.2) is 18.9 Å². The largest absolute Gasteiger partial charge is 0.394 e. The molecule has 19 nitrogen and oxygen atoms in total. The molecular formula is C83H139NO18. The van der Waals surface area contributed by atoms with Gasteiger partial charge in [0.1, 0.15) is 73.2 Å². The number of aliphatic hydroxyl groups excluding tert-OH is 11. The molecule has 12 N–H and O–H groups in total. The molecule has 0 saturated carbocycles. The molecular weight excluding hydrogens is 1300 g/mol. The van der Waals surface area contributed by atoms with Crippen LogP contribution in [0.25, 0.3) is 0 Å². The van der Waals surface area contributed by atoms with Crippen molar-refractivity contribution in [1.82, 2.24) is 5.32 Å². The van der Waals surface area contributed by atoms with Gasteiger partial charge < -0.3 is 89.9 Å². The summed E-state index contributed by atoms with van der Waals surface area (Å²) in [5.41, 5.74) is 0. The Morgan fingerprint density at radius 3 is 1.06 bits per heavy atom. The van der Waals surface area contributed by atoms with Crippen LogP contribution in [0.3, 0.4) is 0 Å². The number of carbonyl (C=O) groups is 1. The second-order valence-corrected chi connectivity index (χ2v) is 27.4. The molecule has 0 aliphatic carbocycles. The third-order valence-corrected chi connectivity index (χ3v) is 18.7. The van der Waals surface area contributed by atoms with E-state index in [0.29, 0.717) is 12.8 Å². The summed E-state index contributed by atoms with van der Waals surface area (Å²) in [5.74, 6) is -0.266. The van der Waals surface area contributed by atoms with Crippen LogP contribution in [-0.4, -0.2) is 193 Å². The highest BCUT2D eigenvalue weighted by Gasteiger charge is 2.54. The summed E-state index contributed by atoms with van der Waals surface area (Å²) in [6, 6.07) is -0.908. The van der Waals surface area contributed by atoms with Gasteiger partial charge in [0.2, 0.25) is 5.91 Å². The lowest BCUT2D eigenvalue weighted by Crippen LogP contribution is -2.66. The molecule has 1 amide bonds. The molecule has 0 aromatic rings. The molecule has 3 heterocycles. The molecule has 0 aromatic carbocycles. The molecule has 0 bridgehead atoms. The SMILES string of the molecule is CC/C=C\C/C=C\C/C=C\C/C=C\C/C=C\C/C=C\C/C=C\C/C=C\C/C=C\C/C=C\C/C=C\CCCCCCCC(=O)NC(COC1OC(CO)C(OC2OC(CO)C(OC3OC(CO)C(O)C(O)C3O)C(O)C2O)C(O)C1O)C(O)CCCCCCCCCCCCCCCCCCCC. The summed E-state index contributed by atoms with van der Waals surface area (Å²) >= 11 is 0. The van der Waals surface area contributed by atoms with Gasteiger partial charge in [-0.05, 0) is 96.3 Å². The maximum Gasteiger partial charge on any atom is 0.220 e. The van der Waals surface area contributed by atoms with Crippen LogP contribution in [0.15, 0.2) is 134 Å². The Morgan fingerprint density at radius 1 is 0.363 bits per heavy atom. The van der Waals surface area contributed by atoms with Crippen molar-refractivity contribution in [2.45, 2.75) is 356 Å². The van der Waals surface area contributed by atoms with E-state index in [1.165, 1.54) is 89.9 Å². The Hall–Kier alpha value is -4.07. The van der Waals surface area contributed by atoms with Crippen molar-refractivity contribution in [3.63, 3.8) is 0 Å². The molecule has 3 rings (SSSR count). The van der Waals surface area contributed by atoms with E-state index in [4.69, 9.17) is 28.4 Å². The number of rotatable bonds is 60. The van der Waals surface area contributed by atoms with Crippen molar-refractivity contribution in [3.05, 3.63) is 134 Å². The minimum absolute atomic E-state index is 0.236. The van der Waals surface area contributed by atoms with Crippen LogP contribution in [0.1, 0.15) is 251 Å². The van der Waals surface area contributed by atoms with Gasteiger partial charge in [-0.1, -0.05) is 282 Å². The van der Waals surface area contributed by atoms with Gasteiger partial charge in [-0.25, -0.2) is 0 Å². The Bertz CT molecular complexity index is 2370. The highest BCUT2D eigenvalue weighted by atomic mass is 16.8. The smallest absolute Gasteiger partial charge is 0.220 e. The summed E-state index contributed by atoms with van der Waals surface area (Å²) in [6.07, 6.45) is 61.0. The average Bonchev–Trinajstić information content (AvgIpc) is 0.781. The number of allylic oxidation sites excluding steroid dienone is 22. The van der Waals surface area contributed by atoms with Crippen molar-refractivity contribution < 1.29 is 89.4 Å². The lowest BCUT2D eigenvalue weighted by Gasteiger charge is -2.48. The topological polar surface area (TPSA) is 307 Å². The molecule has 0 aromatic heterocycles. The minimum atomic E-state index is -1.98. The van der Waals surface area contributed by atoms with Crippen LogP contribution in [-0.2, 0) is 33.2 Å². The maximum absolute atomic E-state index is 13.5. The number of carbonyl (C=O) groups excluding carboxylic acids is 1. The van der Waals surface area contributed by atoms with E-state index in [1.54, 1.807) is 0 Å². The Morgan fingerprint density at radius 2 is 0.676 bits per heavy atom. The van der Waals surface area contributed by atoms with Crippen LogP contribution in [0.4, 0.5) is 0 Å². The van der Waals surface area contributed by atoms with Gasteiger partial charge in [0.05, 0.1) is 38.6 Å². The minimum Gasteiger partial charge on any atom is -0.394 e. The first-order valence-electron chi connectivity index (χ1n) is 39.4. The van der Waals surface area contributed by atoms with E-state index in [0.717, 1.165) is 128 Å². The monoisotopic (exact) mass is 1440 g/mol. The third kappa shape index (κ3) is 41.7. The quantitative estimate of drug-likeness (QED) is 0.0199. The number of ether oxygens (including phenoxy) is 6. The lowest BCUT2D eigenvalue weighted by atomic mass is 9.96. The van der Waals surface area contributed by atoms with Gasteiger partial charge in [-0.2, -0.15) is 0 Å². The number of unbranched alkanes of at least 4 members (excludes halogenated alkanes) is 22. The second kappa shape index (κ2) is 62.0. The zero-order valence-corrected chi connectivity index (χ0v) is 62.3. The standard InChI is InChI=1S/C83H139NO18/c1-3-5-7-9-11-13-15-17-19-21-23-24-25-26-27-28-29-30-31-32-33-34-35-36-37-38-39-40-41-42-43-45-47-49-51-53-55-57-59-61-71(89)84-66(67(88)60-58-56-54-52-50-48-46-44-22-20-18-16-14-12-10-8-6-4-2)65-97-81-77(95)74(92)79(69(63-86)99-81)102-83-78(96)75(93)80(70(64-87)100-83)101-82-76(94)73(91)72(90)68(62-85)98-82/h5,7,11,13,17,19,23-24,26-27,29-30,32-33,35-36,38-39,41-42,45,47,66-70,72-83,85-88,90-96H,3-4,6,8-10,12,14-16,18,20-22,25,28,31,34,37,40,43-44,46,48-65H2,1-2H3,(H,84,89)/b7-5-,13-11-,19-17-,24-23-,27-26-,30-29-,33-32-,36-35-,39-38-,42-41-,47-45-. The molecule has 102 heavy (non-hydrogen) atoms. The van der Waals surface area contributed by atoms with Crippen LogP contribution in [0.5, 0.6) is 0 Å². The molecule has 3 saturated heterocycles. The summed E-state index contributed by atoms with van der Waals surface area (Å²) in [4.78, 5) is 13.5. The summed E-state index contributed by atoms with van der Waals surface area (Å²) in [7, 11) is 0. The summed E-state index contributed by atoms with van der Waals surface area (Å²) < 4.78 is 34.5. The molecule has 0 spiro atoms. The van der Waals surface area contributed by atoms with Crippen LogP contribution in [0.2, 0.25) is 0 Å². The lowest BCUT2D eigenvalue weighted by molar-refractivity contribution is -0.379. The van der Waals surface area contributed by atoms with Crippen molar-refractivity contribution in [2.75, 3.05) is 26.4 Å². The first-order valence-corrected chi connectivity index (χ1v) is 39.4. The molecule has 3 aliphatic rings. The summed E-state index contributed by atoms with van der Waals surface area (Å²) in [5, 5.41) is 121. The van der Waals surface area contributed by atoms with E-state index in [2.05, 4.69) is 153 Å². The van der Waals surface area contributed by atoms with Crippen LogP contribution < -0.4 is 5.32 Å². The predicted molar refractivity (Wildman–Crippen MR) is 406 cm³/mol. The van der Waals surface area contributed by atoms with Gasteiger partial charge in [-0.15, -0.1) is 0 Å². The number of nitrogens with one attached hydrogen (secondary N) is 1. The van der Waals surface area contributed by atoms with E-state index in [1.807, 2.05) is 0 Å². The Labute approximate surface area is 613 Å². The molecule has 17 unspecified atom stereocenters. The normalized spacial score (nSPS) is 26.9. The highest BCUT2D eigenvalue weighted by Crippen LogP contribution is 2.33. The highest BCUT2D eigenvalue weighted by molar-refractivity contribution is 5.76. The Balaban J connectivity index is 1.36. The van der Waals surface area contributed by atoms with E-state index < -0.39 is 124 Å². The van der Waals surface area contributed by atoms with E-state index in [9.17, 15) is 61.0 Å². The van der Waals surface area contributed by atoms with E-state index in [-0.39, 0.29) is 18.9 Å². The van der Waals surface area contributed by atoms with Crippen molar-refractivity contribution in [1.29, 1.82) is 0 Å². The fourth-order valence-electron chi connectivity index (χ4n) is 12.4. The summed E-state index contributed by atoms with van der Waals surface area (Å²) in [6.45, 7) is 1.67. The fraction of sp³-hybridized carbons (Fsp3) is 0.723. The molecule has 0 radical (unpaired) electrons. The van der Waals surface area contributed by atoms with Crippen LogP contribution >= 0.6 is 0 Å². The van der Waals surface area contributed by atoms with Crippen molar-refractivity contribution in [2.24, 2.45) is 0 Å². The van der Waals surface area contributed by atoms with Gasteiger partial charge >= 0.3 is 0 Å². The van der Waals surface area contributed by atoms with Gasteiger partial charge in [0, 0.05) is 6.42 Å². The average molecular weight is 1440 g/mol. The molecule has 19 heteroatoms. The van der Waals surface area contributed by atoms with Crippen molar-refractivity contribution >= 4 is 5.91 Å². The first kappa shape index (κ1) is 92.1. The second-order valence-electron chi connectivity index (χ2n) is 27.4. The molecule has 17 atom stereocenters. The predicted octanol–water partition coefficient (Wildman–Crippen LogP) is 12.9. The van der Waals surface area contributed by atoms with Gasteiger partial charge in [0.25, 0.3) is 0 Å². The third-order valence-electron chi connectivity index (χ3n) is 18.7. The Kier molecular flexibility index (Phi) is 56.0. The number of aliphatic hydroxyl groups is 11. The van der Waals surface area contributed by atoms with Crippen molar-refractivity contribution in [3.8, 4) is 0 Å². The van der Waals surface area contributed by atoms with Crippen LogP contribution in [0, 0.1) is 0 Å². The number of amides is 1. The van der Waals surface area contributed by atoms with E-state index >= 15 is 0 Å². The molecule has 3 aliphatic heterocycles. The zero-order valence-electron chi connectivity index (χ0n) is 62.3. The molecule has 3 fully saturated rings. The fourth-order valence-corrected chi connectivity index (χ4v) is 12.4. The number of hydrogen-bond donors (Lipinski definition) is 12. The molecule has 584 valence electrons. The zero-order chi connectivity index (χ0) is 73.9. The first-order chi connectivity index (χ1) is 49.8.